The van der Waals surface area contributed by atoms with Gasteiger partial charge in [0, 0.05) is 18.1 Å². The average Bonchev–Trinajstić information content (AvgIpc) is 3.35. The van der Waals surface area contributed by atoms with Gasteiger partial charge >= 0.3 is 0 Å². The van der Waals surface area contributed by atoms with Crippen LogP contribution in [0.4, 0.5) is 5.69 Å². The standard InChI is InChI=1S/C24H22N2O4/c1-16-7-12-20(29-16)15-26(2)23(27)13-17-8-10-19(11-9-17)25-24(28)22-14-18-5-3-4-6-21(18)30-22/h3-12,14H,13,15H2,1-2H3,(H,25,28). The molecule has 2 heterocycles. The van der Waals surface area contributed by atoms with Crippen LogP contribution in [-0.4, -0.2) is 23.8 Å². The number of likely N-dealkylation sites (N-methyl/N-ethyl adjacent to an activating group) is 1. The van der Waals surface area contributed by atoms with E-state index in [0.717, 1.165) is 22.5 Å². The molecular weight excluding hydrogens is 380 g/mol. The van der Waals surface area contributed by atoms with Gasteiger partial charge in [0.2, 0.25) is 5.91 Å². The third kappa shape index (κ3) is 4.43. The zero-order chi connectivity index (χ0) is 21.1. The maximum atomic E-state index is 12.5. The van der Waals surface area contributed by atoms with Crippen LogP contribution in [-0.2, 0) is 17.8 Å². The zero-order valence-corrected chi connectivity index (χ0v) is 16.8. The summed E-state index contributed by atoms with van der Waals surface area (Å²) in [6, 6.07) is 20.2. The molecule has 0 bridgehead atoms. The number of rotatable bonds is 6. The van der Waals surface area contributed by atoms with Crippen LogP contribution in [0.5, 0.6) is 0 Å². The molecule has 0 saturated heterocycles. The number of carbonyl (C=O) groups excluding carboxylic acids is 2. The number of hydrogen-bond donors (Lipinski definition) is 1. The van der Waals surface area contributed by atoms with E-state index in [2.05, 4.69) is 5.32 Å². The molecular formula is C24H22N2O4. The molecule has 0 aliphatic rings. The van der Waals surface area contributed by atoms with E-state index in [0.29, 0.717) is 17.8 Å². The quantitative estimate of drug-likeness (QED) is 0.503. The summed E-state index contributed by atoms with van der Waals surface area (Å²) in [5, 5.41) is 3.70. The molecule has 152 valence electrons. The Morgan fingerprint density at radius 1 is 0.967 bits per heavy atom. The van der Waals surface area contributed by atoms with Crippen molar-refractivity contribution in [3.63, 3.8) is 0 Å². The maximum Gasteiger partial charge on any atom is 0.291 e. The second-order valence-electron chi connectivity index (χ2n) is 7.24. The van der Waals surface area contributed by atoms with Gasteiger partial charge in [-0.1, -0.05) is 30.3 Å². The Balaban J connectivity index is 1.35. The summed E-state index contributed by atoms with van der Waals surface area (Å²) in [5.74, 6) is 1.51. The Bertz CT molecular complexity index is 1150. The third-order valence-electron chi connectivity index (χ3n) is 4.83. The van der Waals surface area contributed by atoms with Gasteiger partial charge in [0.1, 0.15) is 17.1 Å². The van der Waals surface area contributed by atoms with Crippen molar-refractivity contribution in [2.45, 2.75) is 19.9 Å². The summed E-state index contributed by atoms with van der Waals surface area (Å²) in [4.78, 5) is 26.5. The van der Waals surface area contributed by atoms with E-state index in [1.807, 2.05) is 55.5 Å². The fourth-order valence-corrected chi connectivity index (χ4v) is 3.19. The number of aryl methyl sites for hydroxylation is 1. The van der Waals surface area contributed by atoms with Crippen molar-refractivity contribution >= 4 is 28.5 Å². The fraction of sp³-hybridized carbons (Fsp3) is 0.167. The van der Waals surface area contributed by atoms with E-state index >= 15 is 0 Å². The Labute approximate surface area is 174 Å². The molecule has 0 aliphatic carbocycles. The molecule has 0 saturated carbocycles. The number of benzene rings is 2. The SMILES string of the molecule is Cc1ccc(CN(C)C(=O)Cc2ccc(NC(=O)c3cc4ccccc4o3)cc2)o1. The fourth-order valence-electron chi connectivity index (χ4n) is 3.19. The van der Waals surface area contributed by atoms with Crippen molar-refractivity contribution < 1.29 is 18.4 Å². The summed E-state index contributed by atoms with van der Waals surface area (Å²) in [7, 11) is 1.75. The molecule has 4 rings (SSSR count). The molecule has 0 fully saturated rings. The first-order valence-corrected chi connectivity index (χ1v) is 9.66. The van der Waals surface area contributed by atoms with Gasteiger partial charge in [-0.15, -0.1) is 0 Å². The molecule has 6 nitrogen and oxygen atoms in total. The lowest BCUT2D eigenvalue weighted by molar-refractivity contribution is -0.129. The van der Waals surface area contributed by atoms with E-state index in [4.69, 9.17) is 8.83 Å². The minimum atomic E-state index is -0.316. The zero-order valence-electron chi connectivity index (χ0n) is 16.8. The lowest BCUT2D eigenvalue weighted by atomic mass is 10.1. The van der Waals surface area contributed by atoms with E-state index in [9.17, 15) is 9.59 Å². The molecule has 0 unspecified atom stereocenters. The number of amides is 2. The second kappa shape index (κ2) is 8.29. The highest BCUT2D eigenvalue weighted by atomic mass is 16.3. The summed E-state index contributed by atoms with van der Waals surface area (Å²) in [6.45, 7) is 2.30. The van der Waals surface area contributed by atoms with Crippen LogP contribution < -0.4 is 5.32 Å². The van der Waals surface area contributed by atoms with Crippen LogP contribution in [0.1, 0.15) is 27.6 Å². The highest BCUT2D eigenvalue weighted by molar-refractivity contribution is 6.04. The first-order chi connectivity index (χ1) is 14.5. The average molecular weight is 402 g/mol. The van der Waals surface area contributed by atoms with Gasteiger partial charge in [0.15, 0.2) is 5.76 Å². The van der Waals surface area contributed by atoms with E-state index in [1.54, 1.807) is 30.1 Å². The molecule has 2 amide bonds. The summed E-state index contributed by atoms with van der Waals surface area (Å²) >= 11 is 0. The van der Waals surface area contributed by atoms with Crippen LogP contribution in [0.25, 0.3) is 11.0 Å². The maximum absolute atomic E-state index is 12.5. The first-order valence-electron chi connectivity index (χ1n) is 9.66. The lowest BCUT2D eigenvalue weighted by Gasteiger charge is -2.16. The van der Waals surface area contributed by atoms with Crippen LogP contribution in [0.2, 0.25) is 0 Å². The van der Waals surface area contributed by atoms with Crippen molar-refractivity contribution in [2.75, 3.05) is 12.4 Å². The van der Waals surface area contributed by atoms with Crippen molar-refractivity contribution in [3.8, 4) is 0 Å². The highest BCUT2D eigenvalue weighted by Gasteiger charge is 2.14. The third-order valence-corrected chi connectivity index (χ3v) is 4.83. The summed E-state index contributed by atoms with van der Waals surface area (Å²) in [5.41, 5.74) is 2.17. The van der Waals surface area contributed by atoms with E-state index < -0.39 is 0 Å². The number of furan rings is 2. The Morgan fingerprint density at radius 3 is 2.43 bits per heavy atom. The van der Waals surface area contributed by atoms with E-state index in [1.165, 1.54) is 0 Å². The molecule has 30 heavy (non-hydrogen) atoms. The molecule has 0 aliphatic heterocycles. The number of anilines is 1. The Morgan fingerprint density at radius 2 is 1.73 bits per heavy atom. The van der Waals surface area contributed by atoms with Crippen molar-refractivity contribution in [1.29, 1.82) is 0 Å². The molecule has 2 aromatic carbocycles. The molecule has 1 N–H and O–H groups in total. The minimum Gasteiger partial charge on any atom is -0.464 e. The Kier molecular flexibility index (Phi) is 5.39. The molecule has 0 spiro atoms. The van der Waals surface area contributed by atoms with Gasteiger partial charge in [-0.05, 0) is 48.9 Å². The number of fused-ring (bicyclic) bond motifs is 1. The highest BCUT2D eigenvalue weighted by Crippen LogP contribution is 2.20. The van der Waals surface area contributed by atoms with E-state index in [-0.39, 0.29) is 24.0 Å². The van der Waals surface area contributed by atoms with Crippen LogP contribution in [0.15, 0.2) is 75.6 Å². The van der Waals surface area contributed by atoms with Crippen molar-refractivity contribution in [3.05, 3.63) is 89.6 Å². The van der Waals surface area contributed by atoms with Gasteiger partial charge < -0.3 is 19.1 Å². The van der Waals surface area contributed by atoms with Crippen molar-refractivity contribution in [1.82, 2.24) is 4.90 Å². The minimum absolute atomic E-state index is 0.0110. The van der Waals surface area contributed by atoms with Gasteiger partial charge in [-0.3, -0.25) is 9.59 Å². The number of para-hydroxylation sites is 1. The normalized spacial score (nSPS) is 10.9. The molecule has 6 heteroatoms. The predicted molar refractivity (Wildman–Crippen MR) is 114 cm³/mol. The Hall–Kier alpha value is -3.80. The summed E-state index contributed by atoms with van der Waals surface area (Å²) < 4.78 is 11.1. The van der Waals surface area contributed by atoms with Crippen molar-refractivity contribution in [2.24, 2.45) is 0 Å². The predicted octanol–water partition coefficient (Wildman–Crippen LogP) is 4.79. The van der Waals surface area contributed by atoms with Crippen LogP contribution in [0, 0.1) is 6.92 Å². The van der Waals surface area contributed by atoms with Gasteiger partial charge in [-0.25, -0.2) is 0 Å². The monoisotopic (exact) mass is 402 g/mol. The molecule has 0 atom stereocenters. The number of nitrogens with one attached hydrogen (secondary N) is 1. The first kappa shape index (κ1) is 19.5. The van der Waals surface area contributed by atoms with Gasteiger partial charge in [0.25, 0.3) is 5.91 Å². The number of nitrogens with zero attached hydrogens (tertiary/aromatic N) is 1. The summed E-state index contributed by atoms with van der Waals surface area (Å²) in [6.07, 6.45) is 0.272. The van der Waals surface area contributed by atoms with Gasteiger partial charge in [0.05, 0.1) is 13.0 Å². The van der Waals surface area contributed by atoms with Crippen LogP contribution in [0.3, 0.4) is 0 Å². The number of hydrogen-bond acceptors (Lipinski definition) is 4. The molecule has 0 radical (unpaired) electrons. The van der Waals surface area contributed by atoms with Gasteiger partial charge in [-0.2, -0.15) is 0 Å². The second-order valence-corrected chi connectivity index (χ2v) is 7.24. The molecule has 4 aromatic rings. The topological polar surface area (TPSA) is 75.7 Å². The largest absolute Gasteiger partial charge is 0.464 e. The molecule has 2 aromatic heterocycles. The van der Waals surface area contributed by atoms with Crippen LogP contribution >= 0.6 is 0 Å². The lowest BCUT2D eigenvalue weighted by Crippen LogP contribution is -2.27. The smallest absolute Gasteiger partial charge is 0.291 e. The number of carbonyl (C=O) groups is 2.